The van der Waals surface area contributed by atoms with Gasteiger partial charge >= 0.3 is 6.18 Å². The Morgan fingerprint density at radius 2 is 1.71 bits per heavy atom. The van der Waals surface area contributed by atoms with Crippen molar-refractivity contribution >= 4 is 27.7 Å². The van der Waals surface area contributed by atoms with Gasteiger partial charge < -0.3 is 15.6 Å². The van der Waals surface area contributed by atoms with Crippen LogP contribution in [0.4, 0.5) is 29.2 Å². The molecule has 2 aromatic heterocycles. The van der Waals surface area contributed by atoms with E-state index in [1.807, 2.05) is 0 Å². The summed E-state index contributed by atoms with van der Waals surface area (Å²) in [6.07, 6.45) is -3.88. The van der Waals surface area contributed by atoms with Crippen molar-refractivity contribution in [2.24, 2.45) is 0 Å². The second-order valence-corrected chi connectivity index (χ2v) is 9.39. The summed E-state index contributed by atoms with van der Waals surface area (Å²) in [6, 6.07) is 10.5. The van der Waals surface area contributed by atoms with E-state index in [4.69, 9.17) is 14.8 Å². The van der Waals surface area contributed by atoms with Gasteiger partial charge in [-0.3, -0.25) is 9.35 Å². The van der Waals surface area contributed by atoms with Crippen molar-refractivity contribution in [1.29, 1.82) is 0 Å². The van der Waals surface area contributed by atoms with Crippen molar-refractivity contribution in [3.63, 3.8) is 0 Å². The minimum absolute atomic E-state index is 0.0619. The number of benzene rings is 1. The van der Waals surface area contributed by atoms with Crippen LogP contribution < -0.4 is 11.1 Å². The first kappa shape index (κ1) is 27.7. The van der Waals surface area contributed by atoms with Gasteiger partial charge in [0, 0.05) is 11.6 Å². The molecule has 0 radical (unpaired) electrons. The zero-order valence-corrected chi connectivity index (χ0v) is 19.5. The summed E-state index contributed by atoms with van der Waals surface area (Å²) in [6.45, 7) is 1.92. The predicted octanol–water partition coefficient (Wildman–Crippen LogP) is 3.98. The molecule has 0 spiro atoms. The number of amides is 1. The second kappa shape index (κ2) is 10.4. The standard InChI is InChI=1S/C20H18F4N4O2.CH4O3S/c1-19(2,20(22,23)24)14-10-16(28-30-14)27-17(29)9-11-3-5-12(6-4-11)13-7-8-15(25)26-18(13)21;1-5(2,3)4/h3-8,10H,9H2,1-2H3,(H2,25,26)(H,27,28,29);1H3,(H,2,3,4). The molecule has 9 nitrogen and oxygen atoms in total. The molecule has 4 N–H and O–H groups in total. The first-order valence-electron chi connectivity index (χ1n) is 9.75. The van der Waals surface area contributed by atoms with Gasteiger partial charge in [0.25, 0.3) is 10.1 Å². The Bertz CT molecular complexity index is 1280. The topological polar surface area (TPSA) is 148 Å². The lowest BCUT2D eigenvalue weighted by Gasteiger charge is -2.24. The second-order valence-electron chi connectivity index (χ2n) is 7.93. The Hall–Kier alpha value is -3.52. The van der Waals surface area contributed by atoms with Gasteiger partial charge in [-0.2, -0.15) is 26.0 Å². The molecule has 3 aromatic rings. The molecule has 0 aliphatic rings. The third-order valence-corrected chi connectivity index (χ3v) is 4.60. The van der Waals surface area contributed by atoms with Crippen LogP contribution in [-0.2, 0) is 26.7 Å². The fraction of sp³-hybridized carbons (Fsp3) is 0.286. The molecule has 190 valence electrons. The van der Waals surface area contributed by atoms with E-state index in [2.05, 4.69) is 15.5 Å². The number of halogens is 4. The minimum atomic E-state index is -4.53. The van der Waals surface area contributed by atoms with Crippen LogP contribution in [0.3, 0.4) is 0 Å². The van der Waals surface area contributed by atoms with Crippen LogP contribution in [-0.4, -0.2) is 41.5 Å². The van der Waals surface area contributed by atoms with Crippen molar-refractivity contribution in [2.45, 2.75) is 31.9 Å². The summed E-state index contributed by atoms with van der Waals surface area (Å²) < 4.78 is 83.7. The number of nitrogens with one attached hydrogen (secondary N) is 1. The number of alkyl halides is 3. The van der Waals surface area contributed by atoms with Gasteiger partial charge in [0.2, 0.25) is 11.9 Å². The molecular formula is C21H22F4N4O5S. The Morgan fingerprint density at radius 1 is 1.14 bits per heavy atom. The number of carbonyl (C=O) groups excluding carboxylic acids is 1. The van der Waals surface area contributed by atoms with E-state index in [-0.39, 0.29) is 23.6 Å². The Labute approximate surface area is 198 Å². The number of carbonyl (C=O) groups is 1. The maximum Gasteiger partial charge on any atom is 0.401 e. The van der Waals surface area contributed by atoms with Crippen molar-refractivity contribution in [3.8, 4) is 11.1 Å². The Balaban J connectivity index is 0.000000784. The van der Waals surface area contributed by atoms with Gasteiger partial charge in [0.05, 0.1) is 12.7 Å². The van der Waals surface area contributed by atoms with E-state index in [1.165, 1.54) is 12.1 Å². The van der Waals surface area contributed by atoms with Gasteiger partial charge in [-0.05, 0) is 37.1 Å². The van der Waals surface area contributed by atoms with Crippen molar-refractivity contribution in [3.05, 3.63) is 59.7 Å². The molecule has 0 aliphatic heterocycles. The number of anilines is 2. The monoisotopic (exact) mass is 518 g/mol. The molecular weight excluding hydrogens is 496 g/mol. The fourth-order valence-corrected chi connectivity index (χ4v) is 2.61. The number of nitrogen functional groups attached to an aromatic ring is 1. The lowest BCUT2D eigenvalue weighted by molar-refractivity contribution is -0.185. The summed E-state index contributed by atoms with van der Waals surface area (Å²) in [5.74, 6) is -1.65. The largest absolute Gasteiger partial charge is 0.401 e. The molecule has 0 unspecified atom stereocenters. The van der Waals surface area contributed by atoms with E-state index in [9.17, 15) is 30.8 Å². The molecule has 0 saturated carbocycles. The Morgan fingerprint density at radius 3 is 2.23 bits per heavy atom. The summed E-state index contributed by atoms with van der Waals surface area (Å²) in [4.78, 5) is 15.7. The summed E-state index contributed by atoms with van der Waals surface area (Å²) in [7, 11) is -3.67. The molecule has 0 atom stereocenters. The Kier molecular flexibility index (Phi) is 8.23. The van der Waals surface area contributed by atoms with Gasteiger partial charge in [-0.1, -0.05) is 29.4 Å². The molecule has 35 heavy (non-hydrogen) atoms. The van der Waals surface area contributed by atoms with Crippen LogP contribution in [0.1, 0.15) is 25.2 Å². The zero-order chi connectivity index (χ0) is 26.6. The lowest BCUT2D eigenvalue weighted by Crippen LogP contribution is -2.35. The van der Waals surface area contributed by atoms with Crippen LogP contribution in [0.15, 0.2) is 47.0 Å². The van der Waals surface area contributed by atoms with Gasteiger partial charge in [0.15, 0.2) is 11.6 Å². The molecule has 0 fully saturated rings. The number of hydrogen-bond acceptors (Lipinski definition) is 7. The molecule has 2 heterocycles. The van der Waals surface area contributed by atoms with Gasteiger partial charge in [-0.25, -0.2) is 4.98 Å². The molecule has 1 amide bonds. The van der Waals surface area contributed by atoms with Crippen LogP contribution >= 0.6 is 0 Å². The number of nitrogens with zero attached hydrogens (tertiary/aromatic N) is 2. The van der Waals surface area contributed by atoms with Crippen molar-refractivity contribution < 1.29 is 39.8 Å². The average Bonchev–Trinajstić information content (AvgIpc) is 3.16. The summed E-state index contributed by atoms with van der Waals surface area (Å²) in [5, 5.41) is 5.88. The smallest absolute Gasteiger partial charge is 0.384 e. The SMILES string of the molecule is CC(C)(c1cc(NC(=O)Cc2ccc(-c3ccc(N)nc3F)cc2)no1)C(F)(F)F.CS(=O)(=O)O. The first-order chi connectivity index (χ1) is 16.0. The average molecular weight is 518 g/mol. The summed E-state index contributed by atoms with van der Waals surface area (Å²) in [5.41, 5.74) is 4.62. The molecule has 0 saturated heterocycles. The van der Waals surface area contributed by atoms with Gasteiger partial charge in [-0.15, -0.1) is 0 Å². The van der Waals surface area contributed by atoms with Crippen LogP contribution in [0, 0.1) is 5.95 Å². The molecule has 14 heteroatoms. The third kappa shape index (κ3) is 8.03. The number of hydrogen-bond donors (Lipinski definition) is 3. The highest BCUT2D eigenvalue weighted by Crippen LogP contribution is 2.41. The normalized spacial score (nSPS) is 12.0. The molecule has 3 rings (SSSR count). The number of rotatable bonds is 5. The quantitative estimate of drug-likeness (QED) is 0.261. The first-order valence-corrected chi connectivity index (χ1v) is 11.6. The van der Waals surface area contributed by atoms with E-state index >= 15 is 0 Å². The minimum Gasteiger partial charge on any atom is -0.384 e. The number of aromatic nitrogens is 2. The van der Waals surface area contributed by atoms with Crippen LogP contribution in [0.25, 0.3) is 11.1 Å². The highest BCUT2D eigenvalue weighted by atomic mass is 32.2. The van der Waals surface area contributed by atoms with Crippen molar-refractivity contribution in [1.82, 2.24) is 10.1 Å². The molecule has 0 bridgehead atoms. The van der Waals surface area contributed by atoms with E-state index in [0.717, 1.165) is 19.9 Å². The lowest BCUT2D eigenvalue weighted by atomic mass is 9.89. The van der Waals surface area contributed by atoms with E-state index in [0.29, 0.717) is 17.4 Å². The number of nitrogens with two attached hydrogens (primary N) is 1. The van der Waals surface area contributed by atoms with E-state index < -0.39 is 39.3 Å². The molecule has 0 aliphatic carbocycles. The van der Waals surface area contributed by atoms with Crippen molar-refractivity contribution in [2.75, 3.05) is 17.3 Å². The maximum absolute atomic E-state index is 13.9. The maximum atomic E-state index is 13.9. The zero-order valence-electron chi connectivity index (χ0n) is 18.7. The van der Waals surface area contributed by atoms with Crippen LogP contribution in [0.5, 0.6) is 0 Å². The number of pyridine rings is 1. The van der Waals surface area contributed by atoms with Gasteiger partial charge in [0.1, 0.15) is 11.2 Å². The molecule has 1 aromatic carbocycles. The van der Waals surface area contributed by atoms with Crippen LogP contribution in [0.2, 0.25) is 0 Å². The fourth-order valence-electron chi connectivity index (χ4n) is 2.61. The highest BCUT2D eigenvalue weighted by Gasteiger charge is 2.51. The summed E-state index contributed by atoms with van der Waals surface area (Å²) >= 11 is 0. The van der Waals surface area contributed by atoms with E-state index in [1.54, 1.807) is 24.3 Å². The highest BCUT2D eigenvalue weighted by molar-refractivity contribution is 7.85. The third-order valence-electron chi connectivity index (χ3n) is 4.60. The predicted molar refractivity (Wildman–Crippen MR) is 119 cm³/mol.